The van der Waals surface area contributed by atoms with Crippen LogP contribution in [0.1, 0.15) is 43.5 Å². The average Bonchev–Trinajstić information content (AvgIpc) is 2.53. The first-order valence-corrected chi connectivity index (χ1v) is 9.22. The van der Waals surface area contributed by atoms with Crippen molar-refractivity contribution in [1.29, 1.82) is 0 Å². The largest absolute Gasteiger partial charge is 0.598 e. The maximum Gasteiger partial charge on any atom is 0.416 e. The lowest BCUT2D eigenvalue weighted by atomic mass is 9.98. The predicted octanol–water partition coefficient (Wildman–Crippen LogP) is 5.64. The maximum atomic E-state index is 13.5. The molecular formula is C18H18ClF4NOS. The fraction of sp³-hybridized carbons (Fsp3) is 0.333. The summed E-state index contributed by atoms with van der Waals surface area (Å²) in [6.07, 6.45) is -4.45. The van der Waals surface area contributed by atoms with Gasteiger partial charge in [-0.1, -0.05) is 29.8 Å². The second-order valence-corrected chi connectivity index (χ2v) is 9.13. The van der Waals surface area contributed by atoms with E-state index in [0.717, 1.165) is 18.2 Å². The summed E-state index contributed by atoms with van der Waals surface area (Å²) in [7, 11) is 0. The van der Waals surface area contributed by atoms with E-state index in [1.165, 1.54) is 24.3 Å². The molecule has 0 fully saturated rings. The van der Waals surface area contributed by atoms with E-state index in [1.807, 2.05) is 0 Å². The highest BCUT2D eigenvalue weighted by Crippen LogP contribution is 2.32. The SMILES string of the molecule is CC(C)(C)[S@+]([O-])N[C@H](c1ccc(C(F)(F)F)cc1)c1ccc(F)c(Cl)c1. The Kier molecular flexibility index (Phi) is 6.28. The van der Waals surface area contributed by atoms with Crippen LogP contribution in [0.4, 0.5) is 17.6 Å². The van der Waals surface area contributed by atoms with Crippen molar-refractivity contribution in [2.75, 3.05) is 0 Å². The number of benzene rings is 2. The van der Waals surface area contributed by atoms with Crippen molar-refractivity contribution in [1.82, 2.24) is 4.72 Å². The first kappa shape index (κ1) is 21.0. The molecule has 2 rings (SSSR count). The van der Waals surface area contributed by atoms with Crippen LogP contribution in [0, 0.1) is 5.82 Å². The van der Waals surface area contributed by atoms with Gasteiger partial charge < -0.3 is 4.55 Å². The van der Waals surface area contributed by atoms with Gasteiger partial charge in [-0.05, 0) is 56.2 Å². The zero-order chi connectivity index (χ0) is 19.7. The van der Waals surface area contributed by atoms with Gasteiger partial charge in [-0.15, -0.1) is 4.72 Å². The highest BCUT2D eigenvalue weighted by molar-refractivity contribution is 7.90. The molecule has 0 amide bonds. The van der Waals surface area contributed by atoms with Gasteiger partial charge in [0.1, 0.15) is 16.6 Å². The minimum Gasteiger partial charge on any atom is -0.598 e. The molecule has 26 heavy (non-hydrogen) atoms. The molecule has 0 saturated carbocycles. The van der Waals surface area contributed by atoms with Crippen molar-refractivity contribution in [3.63, 3.8) is 0 Å². The van der Waals surface area contributed by atoms with Crippen LogP contribution in [0.2, 0.25) is 5.02 Å². The quantitative estimate of drug-likeness (QED) is 0.526. The number of rotatable bonds is 4. The second kappa shape index (κ2) is 7.76. The molecule has 0 aromatic heterocycles. The smallest absolute Gasteiger partial charge is 0.416 e. The summed E-state index contributed by atoms with van der Waals surface area (Å²) in [5.74, 6) is -0.612. The van der Waals surface area contributed by atoms with E-state index in [0.29, 0.717) is 11.1 Å². The van der Waals surface area contributed by atoms with Crippen molar-refractivity contribution in [2.45, 2.75) is 37.7 Å². The number of halogens is 5. The average molecular weight is 408 g/mol. The summed E-state index contributed by atoms with van der Waals surface area (Å²) in [6, 6.07) is 7.79. The number of nitrogens with one attached hydrogen (secondary N) is 1. The molecule has 0 radical (unpaired) electrons. The fourth-order valence-corrected chi connectivity index (χ4v) is 3.20. The third-order valence-electron chi connectivity index (χ3n) is 3.63. The lowest BCUT2D eigenvalue weighted by molar-refractivity contribution is -0.137. The van der Waals surface area contributed by atoms with Crippen LogP contribution in [-0.2, 0) is 17.5 Å². The minimum atomic E-state index is -4.45. The van der Waals surface area contributed by atoms with Gasteiger partial charge >= 0.3 is 6.18 Å². The van der Waals surface area contributed by atoms with E-state index >= 15 is 0 Å². The van der Waals surface area contributed by atoms with Crippen LogP contribution in [0.15, 0.2) is 42.5 Å². The van der Waals surface area contributed by atoms with Crippen LogP contribution < -0.4 is 4.72 Å². The molecule has 0 aliphatic carbocycles. The molecule has 0 aliphatic heterocycles. The molecule has 0 aliphatic rings. The normalized spacial score (nSPS) is 15.0. The van der Waals surface area contributed by atoms with Crippen LogP contribution in [-0.4, -0.2) is 9.30 Å². The van der Waals surface area contributed by atoms with Crippen molar-refractivity contribution in [3.8, 4) is 0 Å². The molecule has 2 nitrogen and oxygen atoms in total. The van der Waals surface area contributed by atoms with Crippen molar-refractivity contribution in [3.05, 3.63) is 70.0 Å². The minimum absolute atomic E-state index is 0.122. The van der Waals surface area contributed by atoms with E-state index in [2.05, 4.69) is 4.72 Å². The molecule has 0 heterocycles. The topological polar surface area (TPSA) is 35.1 Å². The molecule has 2 atom stereocenters. The molecule has 1 N–H and O–H groups in total. The van der Waals surface area contributed by atoms with Crippen LogP contribution in [0.25, 0.3) is 0 Å². The molecule has 2 aromatic carbocycles. The van der Waals surface area contributed by atoms with Crippen LogP contribution in [0.3, 0.4) is 0 Å². The Balaban J connectivity index is 2.44. The van der Waals surface area contributed by atoms with E-state index < -0.39 is 39.7 Å². The lowest BCUT2D eigenvalue weighted by Gasteiger charge is -2.28. The number of hydrogen-bond acceptors (Lipinski definition) is 2. The van der Waals surface area contributed by atoms with Crippen molar-refractivity contribution in [2.24, 2.45) is 0 Å². The van der Waals surface area contributed by atoms with Gasteiger partial charge in [0.15, 0.2) is 0 Å². The van der Waals surface area contributed by atoms with Gasteiger partial charge in [-0.3, -0.25) is 0 Å². The molecular weight excluding hydrogens is 390 g/mol. The van der Waals surface area contributed by atoms with Gasteiger partial charge in [0.2, 0.25) is 0 Å². The standard InChI is InChI=1S/C18H18ClF4NOS/c1-17(2,3)26(25)24-16(12-6-9-15(20)14(19)10-12)11-4-7-13(8-5-11)18(21,22)23/h4-10,16,24H,1-3H3/t16-,26+/m1/s1. The summed E-state index contributed by atoms with van der Waals surface area (Å²) in [6.45, 7) is 5.28. The Morgan fingerprint density at radius 3 is 2.00 bits per heavy atom. The monoisotopic (exact) mass is 407 g/mol. The molecule has 8 heteroatoms. The van der Waals surface area contributed by atoms with Crippen LogP contribution in [0.5, 0.6) is 0 Å². The van der Waals surface area contributed by atoms with E-state index in [1.54, 1.807) is 20.8 Å². The first-order valence-electron chi connectivity index (χ1n) is 7.70. The maximum absolute atomic E-state index is 13.5. The third kappa shape index (κ3) is 5.13. The van der Waals surface area contributed by atoms with Crippen molar-refractivity contribution >= 4 is 23.0 Å². The Hall–Kier alpha value is -1.28. The zero-order valence-corrected chi connectivity index (χ0v) is 15.9. The molecule has 0 spiro atoms. The molecule has 0 unspecified atom stereocenters. The highest BCUT2D eigenvalue weighted by Gasteiger charge is 2.33. The Morgan fingerprint density at radius 1 is 1.00 bits per heavy atom. The van der Waals surface area contributed by atoms with E-state index in [-0.39, 0.29) is 5.02 Å². The fourth-order valence-electron chi connectivity index (χ4n) is 2.17. The summed E-state index contributed by atoms with van der Waals surface area (Å²) in [4.78, 5) is 0. The number of hydrogen-bond donors (Lipinski definition) is 1. The first-order chi connectivity index (χ1) is 11.9. The summed E-state index contributed by atoms with van der Waals surface area (Å²) in [5, 5.41) is -0.122. The molecule has 0 bridgehead atoms. The third-order valence-corrected chi connectivity index (χ3v) is 5.48. The summed E-state index contributed by atoms with van der Waals surface area (Å²) < 4.78 is 66.6. The predicted molar refractivity (Wildman–Crippen MR) is 95.7 cm³/mol. The van der Waals surface area contributed by atoms with E-state index in [4.69, 9.17) is 11.6 Å². The summed E-state index contributed by atoms with van der Waals surface area (Å²) >= 11 is 4.32. The van der Waals surface area contributed by atoms with Gasteiger partial charge in [-0.2, -0.15) is 13.2 Å². The van der Waals surface area contributed by atoms with Gasteiger partial charge in [0.25, 0.3) is 0 Å². The van der Waals surface area contributed by atoms with E-state index in [9.17, 15) is 22.1 Å². The number of alkyl halides is 3. The molecule has 2 aromatic rings. The van der Waals surface area contributed by atoms with Gasteiger partial charge in [-0.25, -0.2) is 4.39 Å². The summed E-state index contributed by atoms with van der Waals surface area (Å²) in [5.41, 5.74) is 0.168. The second-order valence-electron chi connectivity index (χ2n) is 6.73. The van der Waals surface area contributed by atoms with Crippen molar-refractivity contribution < 1.29 is 22.1 Å². The Bertz CT molecular complexity index is 759. The van der Waals surface area contributed by atoms with Crippen LogP contribution >= 0.6 is 11.6 Å². The molecule has 0 saturated heterocycles. The Labute approximate surface area is 157 Å². The van der Waals surface area contributed by atoms with Gasteiger partial charge in [0.05, 0.1) is 10.6 Å². The Morgan fingerprint density at radius 2 is 1.54 bits per heavy atom. The molecule has 142 valence electrons. The lowest BCUT2D eigenvalue weighted by Crippen LogP contribution is -2.41. The highest BCUT2D eigenvalue weighted by atomic mass is 35.5. The zero-order valence-electron chi connectivity index (χ0n) is 14.3. The van der Waals surface area contributed by atoms with Gasteiger partial charge in [0, 0.05) is 11.4 Å².